The minimum absolute atomic E-state index is 0.0755. The van der Waals surface area contributed by atoms with E-state index in [4.69, 9.17) is 33.0 Å². The topological polar surface area (TPSA) is 48.5 Å². The molecule has 0 spiro atoms. The van der Waals surface area contributed by atoms with Crippen LogP contribution < -0.4 is 4.74 Å². The van der Waals surface area contributed by atoms with Gasteiger partial charge in [-0.3, -0.25) is 4.79 Å². The fourth-order valence-electron chi connectivity index (χ4n) is 4.44. The average molecular weight is 468 g/mol. The minimum Gasteiger partial charge on any atom is -0.486 e. The number of Topliss-reactive ketones (excluding diaryl/α,β-unsaturated/α-hetero) is 1. The molecule has 2 aromatic heterocycles. The van der Waals surface area contributed by atoms with Crippen LogP contribution >= 0.6 is 23.2 Å². The lowest BCUT2D eigenvalue weighted by atomic mass is 9.96. The highest BCUT2D eigenvalue weighted by Crippen LogP contribution is 2.37. The second kappa shape index (κ2) is 8.64. The number of hydrogen-bond acceptors (Lipinski definition) is 3. The SMILES string of the molecule is CCC(=O)c1c(-c2ccc(Cl)cc2)c2c3n(c(COc4ccc(Cl)cc4)nn13)CCCC2. The lowest BCUT2D eigenvalue weighted by Crippen LogP contribution is -2.08. The number of hydrogen-bond donors (Lipinski definition) is 0. The largest absolute Gasteiger partial charge is 0.486 e. The van der Waals surface area contributed by atoms with E-state index >= 15 is 0 Å². The maximum atomic E-state index is 13.1. The highest BCUT2D eigenvalue weighted by molar-refractivity contribution is 6.30. The van der Waals surface area contributed by atoms with E-state index in [-0.39, 0.29) is 5.78 Å². The summed E-state index contributed by atoms with van der Waals surface area (Å²) in [5.74, 6) is 1.62. The normalized spacial score (nSPS) is 13.3. The summed E-state index contributed by atoms with van der Waals surface area (Å²) in [5, 5.41) is 6.22. The molecule has 164 valence electrons. The molecule has 0 aliphatic carbocycles. The van der Waals surface area contributed by atoms with Gasteiger partial charge in [-0.1, -0.05) is 42.3 Å². The molecule has 0 N–H and O–H groups in total. The predicted octanol–water partition coefficient (Wildman–Crippen LogP) is 6.62. The van der Waals surface area contributed by atoms with Gasteiger partial charge in [-0.2, -0.15) is 0 Å². The molecule has 0 radical (unpaired) electrons. The number of ketones is 1. The zero-order chi connectivity index (χ0) is 22.2. The molecular formula is C25H23Cl2N3O2. The molecule has 4 aromatic rings. The molecule has 5 rings (SSSR count). The van der Waals surface area contributed by atoms with Crippen LogP contribution in [0, 0.1) is 0 Å². The monoisotopic (exact) mass is 467 g/mol. The van der Waals surface area contributed by atoms with Crippen molar-refractivity contribution in [2.45, 2.75) is 45.8 Å². The van der Waals surface area contributed by atoms with E-state index < -0.39 is 0 Å². The van der Waals surface area contributed by atoms with Gasteiger partial charge >= 0.3 is 0 Å². The van der Waals surface area contributed by atoms with Gasteiger partial charge in [0.25, 0.3) is 0 Å². The van der Waals surface area contributed by atoms with Crippen molar-refractivity contribution in [3.05, 3.63) is 75.7 Å². The molecule has 0 saturated carbocycles. The summed E-state index contributed by atoms with van der Waals surface area (Å²) in [4.78, 5) is 13.1. The molecule has 0 saturated heterocycles. The summed E-state index contributed by atoms with van der Waals surface area (Å²) in [6.45, 7) is 3.05. The first-order valence-electron chi connectivity index (χ1n) is 10.9. The van der Waals surface area contributed by atoms with Gasteiger partial charge < -0.3 is 9.30 Å². The summed E-state index contributed by atoms with van der Waals surface area (Å²) in [7, 11) is 0. The smallest absolute Gasteiger partial charge is 0.181 e. The summed E-state index contributed by atoms with van der Waals surface area (Å²) < 4.78 is 10.0. The van der Waals surface area contributed by atoms with Crippen LogP contribution in [0.5, 0.6) is 5.75 Å². The van der Waals surface area contributed by atoms with Crippen LogP contribution in [0.4, 0.5) is 0 Å². The van der Waals surface area contributed by atoms with Crippen LogP contribution in [-0.2, 0) is 19.6 Å². The van der Waals surface area contributed by atoms with Gasteiger partial charge in [-0.15, -0.1) is 5.10 Å². The van der Waals surface area contributed by atoms with Crippen molar-refractivity contribution < 1.29 is 9.53 Å². The summed E-state index contributed by atoms with van der Waals surface area (Å²) in [5.41, 5.74) is 4.80. The minimum atomic E-state index is 0.0755. The second-order valence-electron chi connectivity index (χ2n) is 7.99. The van der Waals surface area contributed by atoms with Gasteiger partial charge in [0, 0.05) is 34.1 Å². The van der Waals surface area contributed by atoms with E-state index in [2.05, 4.69) is 4.57 Å². The molecular weight excluding hydrogens is 445 g/mol. The fraction of sp³-hybridized carbons (Fsp3) is 0.280. The number of ether oxygens (including phenoxy) is 1. The number of benzene rings is 2. The van der Waals surface area contributed by atoms with Crippen LogP contribution in [-0.4, -0.2) is 20.0 Å². The number of rotatable bonds is 6. The summed E-state index contributed by atoms with van der Waals surface area (Å²) in [6.07, 6.45) is 3.42. The lowest BCUT2D eigenvalue weighted by molar-refractivity contribution is 0.0982. The molecule has 0 fully saturated rings. The Kier molecular flexibility index (Phi) is 5.70. The Hall–Kier alpha value is -2.76. The number of aromatic nitrogens is 3. The van der Waals surface area contributed by atoms with E-state index in [1.807, 2.05) is 47.8 Å². The molecule has 2 aromatic carbocycles. The van der Waals surface area contributed by atoms with Crippen molar-refractivity contribution in [3.8, 4) is 16.9 Å². The number of nitrogens with zero attached hydrogens (tertiary/aromatic N) is 3. The first-order chi connectivity index (χ1) is 15.6. The van der Waals surface area contributed by atoms with Crippen molar-refractivity contribution >= 4 is 34.6 Å². The highest BCUT2D eigenvalue weighted by Gasteiger charge is 2.29. The van der Waals surface area contributed by atoms with E-state index in [0.29, 0.717) is 28.8 Å². The molecule has 0 unspecified atom stereocenters. The molecule has 0 bridgehead atoms. The lowest BCUT2D eigenvalue weighted by Gasteiger charge is -2.09. The van der Waals surface area contributed by atoms with Gasteiger partial charge in [0.05, 0.1) is 0 Å². The first-order valence-corrected chi connectivity index (χ1v) is 11.6. The van der Waals surface area contributed by atoms with E-state index in [1.54, 1.807) is 12.1 Å². The van der Waals surface area contributed by atoms with Crippen LogP contribution in [0.15, 0.2) is 48.5 Å². The van der Waals surface area contributed by atoms with Crippen LogP contribution in [0.1, 0.15) is 48.1 Å². The molecule has 1 aliphatic rings. The molecule has 1 aliphatic heterocycles. The van der Waals surface area contributed by atoms with Crippen molar-refractivity contribution in [2.24, 2.45) is 0 Å². The Labute approximate surface area is 196 Å². The van der Waals surface area contributed by atoms with Crippen molar-refractivity contribution in [1.82, 2.24) is 14.2 Å². The predicted molar refractivity (Wildman–Crippen MR) is 127 cm³/mol. The Morgan fingerprint density at radius 3 is 2.41 bits per heavy atom. The first kappa shape index (κ1) is 21.1. The maximum Gasteiger partial charge on any atom is 0.181 e. The average Bonchev–Trinajstić information content (AvgIpc) is 3.20. The molecule has 32 heavy (non-hydrogen) atoms. The summed E-state index contributed by atoms with van der Waals surface area (Å²) in [6, 6.07) is 15.0. The van der Waals surface area contributed by atoms with E-state index in [9.17, 15) is 4.79 Å². The standard InChI is InChI=1S/C25H23Cl2N3O2/c1-2-21(31)24-23(16-6-8-17(26)9-7-16)20-5-3-4-14-29-22(28-30(24)25(20)29)15-32-19-12-10-18(27)11-13-19/h6-13H,2-5,14-15H2,1H3. The van der Waals surface area contributed by atoms with Gasteiger partial charge in [0.1, 0.15) is 23.7 Å². The maximum absolute atomic E-state index is 13.1. The zero-order valence-corrected chi connectivity index (χ0v) is 19.3. The number of carbonyl (C=O) groups excluding carboxylic acids is 1. The Bertz CT molecular complexity index is 1290. The third-order valence-electron chi connectivity index (χ3n) is 5.96. The van der Waals surface area contributed by atoms with E-state index in [1.165, 1.54) is 5.56 Å². The second-order valence-corrected chi connectivity index (χ2v) is 8.86. The highest BCUT2D eigenvalue weighted by atomic mass is 35.5. The van der Waals surface area contributed by atoms with Gasteiger partial charge in [0.2, 0.25) is 0 Å². The third kappa shape index (κ3) is 3.70. The number of halogens is 2. The molecule has 5 nitrogen and oxygen atoms in total. The van der Waals surface area contributed by atoms with Gasteiger partial charge in [-0.25, -0.2) is 4.52 Å². The molecule has 3 heterocycles. The van der Waals surface area contributed by atoms with Crippen LogP contribution in [0.3, 0.4) is 0 Å². The van der Waals surface area contributed by atoms with E-state index in [0.717, 1.165) is 54.2 Å². The Balaban J connectivity index is 1.65. The number of aryl methyl sites for hydroxylation is 2. The zero-order valence-electron chi connectivity index (χ0n) is 17.8. The molecule has 0 amide bonds. The Morgan fingerprint density at radius 1 is 1.03 bits per heavy atom. The Morgan fingerprint density at radius 2 is 1.72 bits per heavy atom. The molecule has 0 atom stereocenters. The van der Waals surface area contributed by atoms with Crippen molar-refractivity contribution in [3.63, 3.8) is 0 Å². The fourth-order valence-corrected chi connectivity index (χ4v) is 4.69. The quantitative estimate of drug-likeness (QED) is 0.299. The number of carbonyl (C=O) groups is 1. The molecule has 7 heteroatoms. The third-order valence-corrected chi connectivity index (χ3v) is 6.47. The van der Waals surface area contributed by atoms with Gasteiger partial charge in [0.15, 0.2) is 11.6 Å². The van der Waals surface area contributed by atoms with Gasteiger partial charge in [-0.05, 0) is 61.2 Å². The van der Waals surface area contributed by atoms with Crippen LogP contribution in [0.2, 0.25) is 10.0 Å². The summed E-state index contributed by atoms with van der Waals surface area (Å²) >= 11 is 12.1. The van der Waals surface area contributed by atoms with Crippen molar-refractivity contribution in [1.29, 1.82) is 0 Å². The van der Waals surface area contributed by atoms with Crippen LogP contribution in [0.25, 0.3) is 16.8 Å². The van der Waals surface area contributed by atoms with Crippen molar-refractivity contribution in [2.75, 3.05) is 0 Å².